The van der Waals surface area contributed by atoms with Crippen molar-refractivity contribution in [3.63, 3.8) is 0 Å². The first-order chi connectivity index (χ1) is 10.7. The topological polar surface area (TPSA) is 56.3 Å². The molecule has 1 amide bonds. The molecular formula is C18H16N2O2. The molecule has 4 rings (SSSR count). The van der Waals surface area contributed by atoms with E-state index in [0.29, 0.717) is 12.2 Å². The molecule has 0 saturated heterocycles. The SMILES string of the molecule is O=C(c1cc2cc(O)ccc2[nH]1)N1CCc2ccccc2C1. The average Bonchev–Trinajstić information content (AvgIpc) is 2.96. The van der Waals surface area contributed by atoms with Gasteiger partial charge < -0.3 is 15.0 Å². The summed E-state index contributed by atoms with van der Waals surface area (Å²) in [7, 11) is 0. The number of nitrogens with one attached hydrogen (secondary N) is 1. The average molecular weight is 292 g/mol. The van der Waals surface area contributed by atoms with Gasteiger partial charge in [0.2, 0.25) is 0 Å². The highest BCUT2D eigenvalue weighted by Gasteiger charge is 2.22. The number of aromatic hydroxyl groups is 1. The summed E-state index contributed by atoms with van der Waals surface area (Å²) in [6, 6.07) is 15.1. The van der Waals surface area contributed by atoms with E-state index in [4.69, 9.17) is 0 Å². The summed E-state index contributed by atoms with van der Waals surface area (Å²) in [5, 5.41) is 10.4. The van der Waals surface area contributed by atoms with Gasteiger partial charge in [-0.15, -0.1) is 0 Å². The normalized spacial score (nSPS) is 14.1. The summed E-state index contributed by atoms with van der Waals surface area (Å²) in [4.78, 5) is 17.7. The van der Waals surface area contributed by atoms with Gasteiger partial charge in [0.15, 0.2) is 0 Å². The maximum Gasteiger partial charge on any atom is 0.270 e. The number of phenols is 1. The summed E-state index contributed by atoms with van der Waals surface area (Å²) < 4.78 is 0. The number of rotatable bonds is 1. The molecule has 0 fully saturated rings. The first-order valence-corrected chi connectivity index (χ1v) is 7.38. The van der Waals surface area contributed by atoms with Crippen LogP contribution in [-0.4, -0.2) is 27.4 Å². The summed E-state index contributed by atoms with van der Waals surface area (Å²) in [5.41, 5.74) is 3.97. The third-order valence-corrected chi connectivity index (χ3v) is 4.25. The molecule has 0 bridgehead atoms. The number of benzene rings is 2. The summed E-state index contributed by atoms with van der Waals surface area (Å²) in [6.45, 7) is 1.38. The van der Waals surface area contributed by atoms with Crippen LogP contribution in [0.25, 0.3) is 10.9 Å². The smallest absolute Gasteiger partial charge is 0.270 e. The highest BCUT2D eigenvalue weighted by Crippen LogP contribution is 2.24. The fourth-order valence-corrected chi connectivity index (χ4v) is 3.07. The van der Waals surface area contributed by atoms with Crippen LogP contribution in [0.3, 0.4) is 0 Å². The van der Waals surface area contributed by atoms with Crippen molar-refractivity contribution < 1.29 is 9.90 Å². The maximum atomic E-state index is 12.7. The molecule has 0 spiro atoms. The third-order valence-electron chi connectivity index (χ3n) is 4.25. The van der Waals surface area contributed by atoms with Crippen molar-refractivity contribution in [3.8, 4) is 5.75 Å². The maximum absolute atomic E-state index is 12.7. The molecule has 110 valence electrons. The van der Waals surface area contributed by atoms with E-state index in [1.807, 2.05) is 17.0 Å². The first-order valence-electron chi connectivity index (χ1n) is 7.38. The Labute approximate surface area is 128 Å². The second kappa shape index (κ2) is 4.91. The van der Waals surface area contributed by atoms with Gasteiger partial charge >= 0.3 is 0 Å². The molecule has 4 nitrogen and oxygen atoms in total. The largest absolute Gasteiger partial charge is 0.508 e. The predicted molar refractivity (Wildman–Crippen MR) is 84.9 cm³/mol. The summed E-state index contributed by atoms with van der Waals surface area (Å²) in [5.74, 6) is 0.211. The number of hydrogen-bond donors (Lipinski definition) is 2. The Hall–Kier alpha value is -2.75. The van der Waals surface area contributed by atoms with Gasteiger partial charge in [0, 0.05) is 24.0 Å². The Bertz CT molecular complexity index is 866. The minimum atomic E-state index is 0.00481. The van der Waals surface area contributed by atoms with Crippen LogP contribution in [0.2, 0.25) is 0 Å². The Balaban J connectivity index is 1.64. The van der Waals surface area contributed by atoms with Gasteiger partial charge in [0.05, 0.1) is 0 Å². The zero-order chi connectivity index (χ0) is 15.1. The van der Waals surface area contributed by atoms with E-state index in [2.05, 4.69) is 17.1 Å². The molecule has 4 heteroatoms. The quantitative estimate of drug-likeness (QED) is 0.724. The van der Waals surface area contributed by atoms with Gasteiger partial charge in [-0.25, -0.2) is 0 Å². The van der Waals surface area contributed by atoms with E-state index in [1.54, 1.807) is 24.3 Å². The monoisotopic (exact) mass is 292 g/mol. The molecule has 2 N–H and O–H groups in total. The lowest BCUT2D eigenvalue weighted by atomic mass is 10.00. The number of carbonyl (C=O) groups is 1. The number of phenolic OH excluding ortho intramolecular Hbond substituents is 1. The van der Waals surface area contributed by atoms with E-state index in [9.17, 15) is 9.90 Å². The number of aromatic nitrogens is 1. The molecule has 1 aliphatic rings. The molecule has 3 aromatic rings. The molecule has 0 radical (unpaired) electrons. The Morgan fingerprint density at radius 3 is 2.77 bits per heavy atom. The van der Waals surface area contributed by atoms with E-state index >= 15 is 0 Å². The van der Waals surface area contributed by atoms with Crippen LogP contribution in [-0.2, 0) is 13.0 Å². The molecule has 0 unspecified atom stereocenters. The Morgan fingerprint density at radius 2 is 1.91 bits per heavy atom. The van der Waals surface area contributed by atoms with E-state index in [1.165, 1.54) is 11.1 Å². The first kappa shape index (κ1) is 13.0. The van der Waals surface area contributed by atoms with E-state index < -0.39 is 0 Å². The van der Waals surface area contributed by atoms with Gasteiger partial charge in [0.25, 0.3) is 5.91 Å². The molecule has 1 aliphatic heterocycles. The fraction of sp³-hybridized carbons (Fsp3) is 0.167. The van der Waals surface area contributed by atoms with Crippen LogP contribution < -0.4 is 0 Å². The third kappa shape index (κ3) is 2.13. The molecular weight excluding hydrogens is 276 g/mol. The van der Waals surface area contributed by atoms with E-state index in [0.717, 1.165) is 23.9 Å². The number of amides is 1. The van der Waals surface area contributed by atoms with Crippen molar-refractivity contribution in [3.05, 3.63) is 65.4 Å². The number of hydrogen-bond acceptors (Lipinski definition) is 2. The lowest BCUT2D eigenvalue weighted by Crippen LogP contribution is -2.36. The van der Waals surface area contributed by atoms with Gasteiger partial charge in [-0.3, -0.25) is 4.79 Å². The number of nitrogens with zero attached hydrogens (tertiary/aromatic N) is 1. The van der Waals surface area contributed by atoms with Crippen LogP contribution in [0, 0.1) is 0 Å². The van der Waals surface area contributed by atoms with Crippen molar-refractivity contribution >= 4 is 16.8 Å². The minimum absolute atomic E-state index is 0.00481. The highest BCUT2D eigenvalue weighted by molar-refractivity contribution is 5.98. The van der Waals surface area contributed by atoms with Gasteiger partial charge in [-0.2, -0.15) is 0 Å². The molecule has 0 saturated carbocycles. The number of carbonyl (C=O) groups excluding carboxylic acids is 1. The molecule has 2 aromatic carbocycles. The Morgan fingerprint density at radius 1 is 1.09 bits per heavy atom. The lowest BCUT2D eigenvalue weighted by Gasteiger charge is -2.28. The second-order valence-corrected chi connectivity index (χ2v) is 5.70. The molecule has 22 heavy (non-hydrogen) atoms. The molecule has 1 aromatic heterocycles. The molecule has 0 aliphatic carbocycles. The number of H-pyrrole nitrogens is 1. The van der Waals surface area contributed by atoms with Gasteiger partial charge in [-0.05, 0) is 41.8 Å². The standard InChI is InChI=1S/C18H16N2O2/c21-15-5-6-16-14(9-15)10-17(19-16)18(22)20-8-7-12-3-1-2-4-13(12)11-20/h1-6,9-10,19,21H,7-8,11H2. The van der Waals surface area contributed by atoms with Crippen LogP contribution >= 0.6 is 0 Å². The van der Waals surface area contributed by atoms with Gasteiger partial charge in [-0.1, -0.05) is 24.3 Å². The van der Waals surface area contributed by atoms with E-state index in [-0.39, 0.29) is 11.7 Å². The highest BCUT2D eigenvalue weighted by atomic mass is 16.3. The summed E-state index contributed by atoms with van der Waals surface area (Å²) >= 11 is 0. The number of fused-ring (bicyclic) bond motifs is 2. The zero-order valence-electron chi connectivity index (χ0n) is 12.0. The lowest BCUT2D eigenvalue weighted by molar-refractivity contribution is 0.0729. The van der Waals surface area contributed by atoms with Crippen molar-refractivity contribution in [2.24, 2.45) is 0 Å². The van der Waals surface area contributed by atoms with Gasteiger partial charge in [0.1, 0.15) is 11.4 Å². The van der Waals surface area contributed by atoms with Crippen molar-refractivity contribution in [2.75, 3.05) is 6.54 Å². The molecule has 2 heterocycles. The molecule has 0 atom stereocenters. The Kier molecular flexibility index (Phi) is 2.89. The van der Waals surface area contributed by atoms with Crippen LogP contribution in [0.4, 0.5) is 0 Å². The van der Waals surface area contributed by atoms with Crippen molar-refractivity contribution in [2.45, 2.75) is 13.0 Å². The zero-order valence-corrected chi connectivity index (χ0v) is 12.0. The second-order valence-electron chi connectivity index (χ2n) is 5.70. The summed E-state index contributed by atoms with van der Waals surface area (Å²) in [6.07, 6.45) is 0.892. The van der Waals surface area contributed by atoms with Crippen molar-refractivity contribution in [1.82, 2.24) is 9.88 Å². The van der Waals surface area contributed by atoms with Crippen LogP contribution in [0.15, 0.2) is 48.5 Å². The predicted octanol–water partition coefficient (Wildman–Crippen LogP) is 3.07. The van der Waals surface area contributed by atoms with Crippen LogP contribution in [0.5, 0.6) is 5.75 Å². The fourth-order valence-electron chi connectivity index (χ4n) is 3.07. The minimum Gasteiger partial charge on any atom is -0.508 e. The van der Waals surface area contributed by atoms with Crippen LogP contribution in [0.1, 0.15) is 21.6 Å². The van der Waals surface area contributed by atoms with Crippen molar-refractivity contribution in [1.29, 1.82) is 0 Å². The number of aromatic amines is 1.